The van der Waals surface area contributed by atoms with Gasteiger partial charge in [0.1, 0.15) is 5.00 Å². The number of anilines is 1. The molecule has 1 unspecified atom stereocenters. The van der Waals surface area contributed by atoms with Crippen LogP contribution in [0, 0.1) is 13.8 Å². The van der Waals surface area contributed by atoms with Crippen LogP contribution in [0.15, 0.2) is 0 Å². The molecule has 6 heteroatoms. The number of hydrogen-bond donors (Lipinski definition) is 2. The van der Waals surface area contributed by atoms with Crippen LogP contribution in [0.4, 0.5) is 5.00 Å². The highest BCUT2D eigenvalue weighted by Gasteiger charge is 2.23. The number of amides is 1. The quantitative estimate of drug-likeness (QED) is 0.890. The molecule has 1 amide bonds. The number of carbonyl (C=O) groups is 2. The summed E-state index contributed by atoms with van der Waals surface area (Å²) in [6.45, 7) is 4.31. The first-order valence-corrected chi connectivity index (χ1v) is 7.05. The van der Waals surface area contributed by atoms with Crippen molar-refractivity contribution in [2.24, 2.45) is 0 Å². The first-order valence-electron chi connectivity index (χ1n) is 6.23. The monoisotopic (exact) mass is 283 g/mol. The molecule has 5 nitrogen and oxygen atoms in total. The molecule has 1 atom stereocenters. The Morgan fingerprint density at radius 3 is 2.79 bits per heavy atom. The van der Waals surface area contributed by atoms with Crippen molar-refractivity contribution >= 4 is 28.2 Å². The smallest absolute Gasteiger partial charge is 0.338 e. The minimum Gasteiger partial charge on any atom is -0.478 e. The largest absolute Gasteiger partial charge is 0.478 e. The van der Waals surface area contributed by atoms with Crippen molar-refractivity contribution in [1.82, 2.24) is 0 Å². The van der Waals surface area contributed by atoms with Gasteiger partial charge in [0.25, 0.3) is 0 Å². The Morgan fingerprint density at radius 1 is 1.47 bits per heavy atom. The number of carboxylic acid groups (broad SMARTS) is 1. The Bertz CT molecular complexity index is 503. The van der Waals surface area contributed by atoms with Gasteiger partial charge in [0.2, 0.25) is 5.91 Å². The molecule has 0 spiro atoms. The van der Waals surface area contributed by atoms with E-state index in [4.69, 9.17) is 4.74 Å². The van der Waals surface area contributed by atoms with Gasteiger partial charge in [-0.25, -0.2) is 4.79 Å². The average molecular weight is 283 g/mol. The molecule has 1 aliphatic heterocycles. The molecular formula is C13H17NO4S. The fourth-order valence-electron chi connectivity index (χ4n) is 2.16. The number of carboxylic acids is 1. The van der Waals surface area contributed by atoms with Crippen LogP contribution in [-0.2, 0) is 9.53 Å². The Kier molecular flexibility index (Phi) is 4.21. The zero-order chi connectivity index (χ0) is 14.0. The Balaban J connectivity index is 2.07. The minimum absolute atomic E-state index is 0.0320. The van der Waals surface area contributed by atoms with Gasteiger partial charge in [0.05, 0.1) is 18.1 Å². The summed E-state index contributed by atoms with van der Waals surface area (Å²) in [5.74, 6) is -1.19. The van der Waals surface area contributed by atoms with Crippen molar-refractivity contribution in [3.8, 4) is 0 Å². The molecule has 0 bridgehead atoms. The van der Waals surface area contributed by atoms with Crippen LogP contribution in [0.3, 0.4) is 0 Å². The third-order valence-corrected chi connectivity index (χ3v) is 4.41. The van der Waals surface area contributed by atoms with Crippen molar-refractivity contribution in [2.45, 2.75) is 39.2 Å². The van der Waals surface area contributed by atoms with Gasteiger partial charge in [-0.15, -0.1) is 11.3 Å². The minimum atomic E-state index is -1.01. The second-order valence-electron chi connectivity index (χ2n) is 4.68. The maximum Gasteiger partial charge on any atom is 0.338 e. The van der Waals surface area contributed by atoms with Crippen molar-refractivity contribution in [2.75, 3.05) is 11.9 Å². The molecule has 1 aliphatic rings. The summed E-state index contributed by atoms with van der Waals surface area (Å²) in [4.78, 5) is 24.0. The molecule has 1 saturated heterocycles. The van der Waals surface area contributed by atoms with Crippen molar-refractivity contribution < 1.29 is 19.4 Å². The summed E-state index contributed by atoms with van der Waals surface area (Å²) < 4.78 is 5.39. The molecule has 19 heavy (non-hydrogen) atoms. The normalized spacial score (nSPS) is 18.5. The molecule has 1 aromatic rings. The van der Waals surface area contributed by atoms with Crippen LogP contribution in [-0.4, -0.2) is 29.7 Å². The van der Waals surface area contributed by atoms with E-state index in [0.29, 0.717) is 17.2 Å². The molecule has 1 aromatic heterocycles. The molecule has 2 N–H and O–H groups in total. The highest BCUT2D eigenvalue weighted by atomic mass is 32.1. The number of ether oxygens (including phenoxy) is 1. The standard InChI is InChI=1S/C13H17NO4S/c1-7-8(2)19-12(11(7)13(16)17)14-10(15)6-9-4-3-5-18-9/h9H,3-6H2,1-2H3,(H,14,15)(H,16,17). The summed E-state index contributed by atoms with van der Waals surface area (Å²) in [7, 11) is 0. The zero-order valence-corrected chi connectivity index (χ0v) is 11.8. The third kappa shape index (κ3) is 3.13. The lowest BCUT2D eigenvalue weighted by molar-refractivity contribution is -0.118. The first kappa shape index (κ1) is 14.0. The highest BCUT2D eigenvalue weighted by Crippen LogP contribution is 2.32. The molecule has 104 valence electrons. The molecule has 2 rings (SSSR count). The fraction of sp³-hybridized carbons (Fsp3) is 0.538. The lowest BCUT2D eigenvalue weighted by Crippen LogP contribution is -2.19. The van der Waals surface area contributed by atoms with E-state index in [1.165, 1.54) is 11.3 Å². The van der Waals surface area contributed by atoms with Crippen LogP contribution in [0.1, 0.15) is 40.1 Å². The summed E-state index contributed by atoms with van der Waals surface area (Å²) in [5, 5.41) is 12.3. The van der Waals surface area contributed by atoms with Crippen molar-refractivity contribution in [3.63, 3.8) is 0 Å². The Hall–Kier alpha value is -1.40. The molecule has 0 radical (unpaired) electrons. The number of rotatable bonds is 4. The fourth-order valence-corrected chi connectivity index (χ4v) is 3.23. The lowest BCUT2D eigenvalue weighted by atomic mass is 10.1. The number of hydrogen-bond acceptors (Lipinski definition) is 4. The van der Waals surface area contributed by atoms with E-state index in [1.54, 1.807) is 6.92 Å². The number of thiophene rings is 1. The maximum atomic E-state index is 11.9. The molecule has 0 aliphatic carbocycles. The van der Waals surface area contributed by atoms with E-state index in [1.807, 2.05) is 6.92 Å². The zero-order valence-electron chi connectivity index (χ0n) is 11.0. The predicted molar refractivity (Wildman–Crippen MR) is 73.0 cm³/mol. The summed E-state index contributed by atoms with van der Waals surface area (Å²) in [6.07, 6.45) is 2.13. The van der Waals surface area contributed by atoms with Crippen LogP contribution in [0.25, 0.3) is 0 Å². The van der Waals surface area contributed by atoms with Gasteiger partial charge in [-0.3, -0.25) is 4.79 Å². The van der Waals surface area contributed by atoms with Crippen LogP contribution in [0.5, 0.6) is 0 Å². The number of aryl methyl sites for hydroxylation is 1. The SMILES string of the molecule is Cc1sc(NC(=O)CC2CCCO2)c(C(=O)O)c1C. The van der Waals surface area contributed by atoms with Gasteiger partial charge in [0, 0.05) is 11.5 Å². The summed E-state index contributed by atoms with van der Waals surface area (Å²) in [5.41, 5.74) is 0.910. The van der Waals surface area contributed by atoms with Gasteiger partial charge >= 0.3 is 5.97 Å². The van der Waals surface area contributed by atoms with Crippen molar-refractivity contribution in [1.29, 1.82) is 0 Å². The van der Waals surface area contributed by atoms with E-state index in [2.05, 4.69) is 5.32 Å². The topological polar surface area (TPSA) is 75.6 Å². The van der Waals surface area contributed by atoms with Crippen LogP contribution in [0.2, 0.25) is 0 Å². The second kappa shape index (κ2) is 5.71. The molecule has 0 saturated carbocycles. The van der Waals surface area contributed by atoms with Gasteiger partial charge < -0.3 is 15.2 Å². The summed E-state index contributed by atoms with van der Waals surface area (Å²) in [6, 6.07) is 0. The number of carbonyl (C=O) groups excluding carboxylic acids is 1. The van der Waals surface area contributed by atoms with E-state index < -0.39 is 5.97 Å². The van der Waals surface area contributed by atoms with Gasteiger partial charge in [0.15, 0.2) is 0 Å². The van der Waals surface area contributed by atoms with Crippen LogP contribution < -0.4 is 5.32 Å². The lowest BCUT2D eigenvalue weighted by Gasteiger charge is -2.09. The maximum absolute atomic E-state index is 11.9. The Morgan fingerprint density at radius 2 is 2.21 bits per heavy atom. The molecular weight excluding hydrogens is 266 g/mol. The van der Waals surface area contributed by atoms with Gasteiger partial charge in [-0.2, -0.15) is 0 Å². The Labute approximate surface area is 115 Å². The van der Waals surface area contributed by atoms with E-state index >= 15 is 0 Å². The highest BCUT2D eigenvalue weighted by molar-refractivity contribution is 7.16. The van der Waals surface area contributed by atoms with E-state index in [9.17, 15) is 14.7 Å². The summed E-state index contributed by atoms with van der Waals surface area (Å²) >= 11 is 1.30. The number of aromatic carboxylic acids is 1. The second-order valence-corrected chi connectivity index (χ2v) is 5.90. The third-order valence-electron chi connectivity index (χ3n) is 3.29. The molecule has 2 heterocycles. The first-order chi connectivity index (χ1) is 8.99. The average Bonchev–Trinajstić information content (AvgIpc) is 2.88. The molecule has 0 aromatic carbocycles. The predicted octanol–water partition coefficient (Wildman–Crippen LogP) is 2.57. The van der Waals surface area contributed by atoms with E-state index in [0.717, 1.165) is 17.7 Å². The van der Waals surface area contributed by atoms with Crippen molar-refractivity contribution in [3.05, 3.63) is 16.0 Å². The van der Waals surface area contributed by atoms with E-state index in [-0.39, 0.29) is 24.0 Å². The van der Waals surface area contributed by atoms with Gasteiger partial charge in [-0.1, -0.05) is 0 Å². The van der Waals surface area contributed by atoms with Crippen LogP contribution >= 0.6 is 11.3 Å². The van der Waals surface area contributed by atoms with Gasteiger partial charge in [-0.05, 0) is 32.3 Å². The number of nitrogens with one attached hydrogen (secondary N) is 1. The molecule has 1 fully saturated rings.